The van der Waals surface area contributed by atoms with Crippen LogP contribution in [0.3, 0.4) is 0 Å². The highest BCUT2D eigenvalue weighted by Gasteiger charge is 2.26. The number of halogens is 1. The minimum Gasteiger partial charge on any atom is -0.452 e. The first-order valence-corrected chi connectivity index (χ1v) is 7.76. The number of ether oxygens (including phenoxy) is 1. The van der Waals surface area contributed by atoms with Crippen molar-refractivity contribution in [2.45, 2.75) is 12.8 Å². The monoisotopic (exact) mass is 368 g/mol. The molecule has 0 unspecified atom stereocenters. The molecule has 1 saturated heterocycles. The van der Waals surface area contributed by atoms with Crippen molar-refractivity contribution in [3.05, 3.63) is 34.3 Å². The average molecular weight is 369 g/mol. The van der Waals surface area contributed by atoms with Gasteiger partial charge in [0, 0.05) is 23.5 Å². The van der Waals surface area contributed by atoms with Crippen molar-refractivity contribution < 1.29 is 19.1 Å². The Kier molecular flexibility index (Phi) is 5.54. The molecule has 118 valence electrons. The van der Waals surface area contributed by atoms with E-state index in [0.717, 1.165) is 4.47 Å². The summed E-state index contributed by atoms with van der Waals surface area (Å²) < 4.78 is 5.88. The largest absolute Gasteiger partial charge is 0.452 e. The lowest BCUT2D eigenvalue weighted by Gasteiger charge is -2.30. The highest BCUT2D eigenvalue weighted by Crippen LogP contribution is 2.17. The van der Waals surface area contributed by atoms with Gasteiger partial charge in [0.1, 0.15) is 0 Å². The Balaban J connectivity index is 1.79. The summed E-state index contributed by atoms with van der Waals surface area (Å²) >= 11 is 3.28. The van der Waals surface area contributed by atoms with Crippen LogP contribution in [-0.2, 0) is 14.3 Å². The second-order valence-corrected chi connectivity index (χ2v) is 6.06. The maximum atomic E-state index is 12.0. The molecule has 1 aromatic rings. The Morgan fingerprint density at radius 1 is 1.18 bits per heavy atom. The molecule has 0 spiro atoms. The van der Waals surface area contributed by atoms with Crippen LogP contribution in [-0.4, -0.2) is 42.4 Å². The molecule has 0 aliphatic carbocycles. The number of carbonyl (C=O) groups is 3. The Bertz CT molecular complexity index is 565. The SMILES string of the molecule is NC(=O)C1CCN(C(=O)COC(=O)c2ccc(Br)cc2)CC1. The van der Waals surface area contributed by atoms with Crippen LogP contribution in [0.25, 0.3) is 0 Å². The highest BCUT2D eigenvalue weighted by molar-refractivity contribution is 9.10. The standard InChI is InChI=1S/C15H17BrN2O4/c16-12-3-1-11(2-4-12)15(21)22-9-13(19)18-7-5-10(6-8-18)14(17)20/h1-4,10H,5-9H2,(H2,17,20). The lowest BCUT2D eigenvalue weighted by atomic mass is 9.96. The molecule has 2 N–H and O–H groups in total. The molecule has 1 fully saturated rings. The van der Waals surface area contributed by atoms with Crippen molar-refractivity contribution in [3.8, 4) is 0 Å². The summed E-state index contributed by atoms with van der Waals surface area (Å²) in [6, 6.07) is 6.70. The molecule has 6 nitrogen and oxygen atoms in total. The predicted molar refractivity (Wildman–Crippen MR) is 82.9 cm³/mol. The summed E-state index contributed by atoms with van der Waals surface area (Å²) in [5.74, 6) is -1.29. The Hall–Kier alpha value is -1.89. The van der Waals surface area contributed by atoms with Crippen LogP contribution in [0.4, 0.5) is 0 Å². The highest BCUT2D eigenvalue weighted by atomic mass is 79.9. The molecule has 1 aliphatic rings. The molecule has 2 rings (SSSR count). The molecule has 0 aromatic heterocycles. The van der Waals surface area contributed by atoms with E-state index in [4.69, 9.17) is 10.5 Å². The number of primary amides is 1. The summed E-state index contributed by atoms with van der Waals surface area (Å²) in [6.45, 7) is 0.626. The lowest BCUT2D eigenvalue weighted by molar-refractivity contribution is -0.137. The van der Waals surface area contributed by atoms with Crippen LogP contribution in [0.2, 0.25) is 0 Å². The van der Waals surface area contributed by atoms with Gasteiger partial charge in [0.2, 0.25) is 5.91 Å². The van der Waals surface area contributed by atoms with E-state index in [1.165, 1.54) is 0 Å². The van der Waals surface area contributed by atoms with Gasteiger partial charge in [0.05, 0.1) is 5.56 Å². The van der Waals surface area contributed by atoms with E-state index >= 15 is 0 Å². The van der Waals surface area contributed by atoms with Gasteiger partial charge >= 0.3 is 5.97 Å². The molecular formula is C15H17BrN2O4. The van der Waals surface area contributed by atoms with Crippen LogP contribution in [0, 0.1) is 5.92 Å². The molecule has 7 heteroatoms. The summed E-state index contributed by atoms with van der Waals surface area (Å²) in [4.78, 5) is 36.5. The van der Waals surface area contributed by atoms with Gasteiger partial charge in [-0.25, -0.2) is 4.79 Å². The summed E-state index contributed by atoms with van der Waals surface area (Å²) in [7, 11) is 0. The van der Waals surface area contributed by atoms with Crippen LogP contribution in [0.5, 0.6) is 0 Å². The molecule has 1 aliphatic heterocycles. The third-order valence-electron chi connectivity index (χ3n) is 3.66. The normalized spacial score (nSPS) is 15.4. The van der Waals surface area contributed by atoms with Crippen molar-refractivity contribution in [1.82, 2.24) is 4.90 Å². The summed E-state index contributed by atoms with van der Waals surface area (Å²) in [5.41, 5.74) is 5.64. The van der Waals surface area contributed by atoms with E-state index in [0.29, 0.717) is 31.5 Å². The van der Waals surface area contributed by atoms with E-state index in [1.54, 1.807) is 29.2 Å². The predicted octanol–water partition coefficient (Wildman–Crippen LogP) is 1.33. The lowest BCUT2D eigenvalue weighted by Crippen LogP contribution is -2.43. The van der Waals surface area contributed by atoms with E-state index < -0.39 is 5.97 Å². The summed E-state index contributed by atoms with van der Waals surface area (Å²) in [6.07, 6.45) is 1.11. The second kappa shape index (κ2) is 7.40. The summed E-state index contributed by atoms with van der Waals surface area (Å²) in [5, 5.41) is 0. The van der Waals surface area contributed by atoms with E-state index in [-0.39, 0.29) is 24.3 Å². The first-order valence-electron chi connectivity index (χ1n) is 6.97. The van der Waals surface area contributed by atoms with Crippen LogP contribution < -0.4 is 5.73 Å². The number of hydrogen-bond donors (Lipinski definition) is 1. The zero-order valence-electron chi connectivity index (χ0n) is 12.0. The number of nitrogens with zero attached hydrogens (tertiary/aromatic N) is 1. The topological polar surface area (TPSA) is 89.7 Å². The average Bonchev–Trinajstić information content (AvgIpc) is 2.53. The van der Waals surface area contributed by atoms with Crippen LogP contribution in [0.15, 0.2) is 28.7 Å². The minimum atomic E-state index is -0.534. The van der Waals surface area contributed by atoms with E-state index in [9.17, 15) is 14.4 Å². The first kappa shape index (κ1) is 16.5. The number of benzene rings is 1. The van der Waals surface area contributed by atoms with E-state index in [2.05, 4.69) is 15.9 Å². The maximum absolute atomic E-state index is 12.0. The first-order chi connectivity index (χ1) is 10.5. The molecule has 1 heterocycles. The van der Waals surface area contributed by atoms with Gasteiger partial charge < -0.3 is 15.4 Å². The fourth-order valence-corrected chi connectivity index (χ4v) is 2.57. The number of amides is 2. The third kappa shape index (κ3) is 4.30. The second-order valence-electron chi connectivity index (χ2n) is 5.14. The number of hydrogen-bond acceptors (Lipinski definition) is 4. The van der Waals surface area contributed by atoms with Crippen molar-refractivity contribution in [3.63, 3.8) is 0 Å². The zero-order valence-corrected chi connectivity index (χ0v) is 13.5. The number of esters is 1. The van der Waals surface area contributed by atoms with Gasteiger partial charge in [-0.2, -0.15) is 0 Å². The van der Waals surface area contributed by atoms with Crippen molar-refractivity contribution >= 4 is 33.7 Å². The number of nitrogens with two attached hydrogens (primary N) is 1. The molecule has 0 bridgehead atoms. The van der Waals surface area contributed by atoms with Gasteiger partial charge in [0.15, 0.2) is 6.61 Å². The Morgan fingerprint density at radius 2 is 1.77 bits per heavy atom. The van der Waals surface area contributed by atoms with Gasteiger partial charge in [0.25, 0.3) is 5.91 Å². The van der Waals surface area contributed by atoms with Crippen LogP contribution >= 0.6 is 15.9 Å². The Labute approximate surface area is 136 Å². The molecule has 2 amide bonds. The number of likely N-dealkylation sites (tertiary alicyclic amines) is 1. The van der Waals surface area contributed by atoms with Crippen molar-refractivity contribution in [2.24, 2.45) is 11.7 Å². The number of rotatable bonds is 4. The number of carbonyl (C=O) groups excluding carboxylic acids is 3. The fourth-order valence-electron chi connectivity index (χ4n) is 2.30. The minimum absolute atomic E-state index is 0.172. The molecule has 1 aromatic carbocycles. The van der Waals surface area contributed by atoms with Crippen LogP contribution in [0.1, 0.15) is 23.2 Å². The Morgan fingerprint density at radius 3 is 2.32 bits per heavy atom. The zero-order chi connectivity index (χ0) is 16.1. The van der Waals surface area contributed by atoms with E-state index in [1.807, 2.05) is 0 Å². The third-order valence-corrected chi connectivity index (χ3v) is 4.19. The van der Waals surface area contributed by atoms with Crippen molar-refractivity contribution in [1.29, 1.82) is 0 Å². The molecular weight excluding hydrogens is 352 g/mol. The van der Waals surface area contributed by atoms with Gasteiger partial charge in [-0.05, 0) is 37.1 Å². The molecule has 0 saturated carbocycles. The quantitative estimate of drug-likeness (QED) is 0.811. The van der Waals surface area contributed by atoms with Crippen molar-refractivity contribution in [2.75, 3.05) is 19.7 Å². The maximum Gasteiger partial charge on any atom is 0.338 e. The molecule has 0 atom stereocenters. The number of piperidine rings is 1. The van der Waals surface area contributed by atoms with Gasteiger partial charge in [-0.15, -0.1) is 0 Å². The smallest absolute Gasteiger partial charge is 0.338 e. The molecule has 0 radical (unpaired) electrons. The van der Waals surface area contributed by atoms with Gasteiger partial charge in [-0.3, -0.25) is 9.59 Å². The fraction of sp³-hybridized carbons (Fsp3) is 0.400. The molecule has 22 heavy (non-hydrogen) atoms. The van der Waals surface area contributed by atoms with Gasteiger partial charge in [-0.1, -0.05) is 15.9 Å².